The van der Waals surface area contributed by atoms with E-state index in [0.717, 1.165) is 12.8 Å². The maximum atomic E-state index is 11.5. The molecule has 1 aromatic carbocycles. The van der Waals surface area contributed by atoms with Crippen LogP contribution >= 0.6 is 0 Å². The fraction of sp³-hybridized carbons (Fsp3) is 0.467. The Balaban J connectivity index is 2.05. The van der Waals surface area contributed by atoms with Crippen molar-refractivity contribution in [3.63, 3.8) is 0 Å². The third-order valence-corrected chi connectivity index (χ3v) is 2.67. The molecule has 0 bridgehead atoms. The minimum Gasteiger partial charge on any atom is -0.466 e. The van der Waals surface area contributed by atoms with Crippen LogP contribution in [0.15, 0.2) is 30.3 Å². The number of benzene rings is 1. The van der Waals surface area contributed by atoms with Crippen molar-refractivity contribution in [1.29, 1.82) is 0 Å². The number of hydrogen-bond acceptors (Lipinski definition) is 3. The second-order valence-electron chi connectivity index (χ2n) is 4.32. The van der Waals surface area contributed by atoms with Crippen LogP contribution in [0.25, 0.3) is 0 Å². The van der Waals surface area contributed by atoms with E-state index in [1.165, 1.54) is 12.5 Å². The molecule has 0 unspecified atom stereocenters. The number of aryl methyl sites for hydroxylation is 1. The molecule has 18 heavy (non-hydrogen) atoms. The summed E-state index contributed by atoms with van der Waals surface area (Å²) in [5, 5.41) is 0. The lowest BCUT2D eigenvalue weighted by Crippen LogP contribution is -2.04. The van der Waals surface area contributed by atoms with Crippen molar-refractivity contribution in [3.05, 3.63) is 35.9 Å². The summed E-state index contributed by atoms with van der Waals surface area (Å²) in [7, 11) is 0. The lowest BCUT2D eigenvalue weighted by atomic mass is 10.0. The first-order chi connectivity index (χ1) is 8.68. The number of ketones is 1. The van der Waals surface area contributed by atoms with E-state index in [1.807, 2.05) is 18.2 Å². The molecular formula is C15H20O3. The topological polar surface area (TPSA) is 43.4 Å². The molecule has 1 rings (SSSR count). The van der Waals surface area contributed by atoms with Gasteiger partial charge in [0.1, 0.15) is 5.78 Å². The van der Waals surface area contributed by atoms with Crippen LogP contribution in [0.3, 0.4) is 0 Å². The molecule has 0 heterocycles. The zero-order valence-corrected chi connectivity index (χ0v) is 10.9. The standard InChI is InChI=1S/C15H20O3/c1-13(16)18-12-6-11-15(17)10-5-9-14-7-3-2-4-8-14/h2-4,7-8H,5-6,9-12H2,1H3. The van der Waals surface area contributed by atoms with Gasteiger partial charge in [0, 0.05) is 19.8 Å². The Bertz CT molecular complexity index is 371. The molecule has 0 aromatic heterocycles. The molecule has 0 N–H and O–H groups in total. The molecule has 0 radical (unpaired) electrons. The van der Waals surface area contributed by atoms with Gasteiger partial charge in [-0.1, -0.05) is 30.3 Å². The lowest BCUT2D eigenvalue weighted by molar-refractivity contribution is -0.141. The second-order valence-corrected chi connectivity index (χ2v) is 4.32. The summed E-state index contributed by atoms with van der Waals surface area (Å²) in [5.74, 6) is -0.0374. The summed E-state index contributed by atoms with van der Waals surface area (Å²) in [6.07, 6.45) is 3.56. The zero-order valence-electron chi connectivity index (χ0n) is 10.9. The van der Waals surface area contributed by atoms with Crippen LogP contribution in [0.1, 0.15) is 38.2 Å². The second kappa shape index (κ2) is 8.45. The quantitative estimate of drug-likeness (QED) is 0.525. The van der Waals surface area contributed by atoms with E-state index in [4.69, 9.17) is 4.74 Å². The minimum absolute atomic E-state index is 0.248. The van der Waals surface area contributed by atoms with Crippen LogP contribution < -0.4 is 0 Å². The molecule has 0 fully saturated rings. The van der Waals surface area contributed by atoms with E-state index in [2.05, 4.69) is 12.1 Å². The highest BCUT2D eigenvalue weighted by molar-refractivity contribution is 5.78. The predicted octanol–water partition coefficient (Wildman–Crippen LogP) is 2.92. The molecule has 0 spiro atoms. The molecule has 98 valence electrons. The average Bonchev–Trinajstić information content (AvgIpc) is 2.36. The van der Waals surface area contributed by atoms with Gasteiger partial charge in [-0.15, -0.1) is 0 Å². The molecule has 0 saturated carbocycles. The van der Waals surface area contributed by atoms with E-state index in [1.54, 1.807) is 0 Å². The average molecular weight is 248 g/mol. The van der Waals surface area contributed by atoms with Crippen molar-refractivity contribution in [2.24, 2.45) is 0 Å². The predicted molar refractivity (Wildman–Crippen MR) is 70.3 cm³/mol. The molecule has 3 nitrogen and oxygen atoms in total. The zero-order chi connectivity index (χ0) is 13.2. The number of Topliss-reactive ketones (excluding diaryl/α,β-unsaturated/α-hetero) is 1. The minimum atomic E-state index is -0.286. The molecule has 1 aromatic rings. The number of esters is 1. The highest BCUT2D eigenvalue weighted by Gasteiger charge is 2.03. The summed E-state index contributed by atoms with van der Waals surface area (Å²) in [4.78, 5) is 22.0. The van der Waals surface area contributed by atoms with Crippen LogP contribution in [0.2, 0.25) is 0 Å². The van der Waals surface area contributed by atoms with Gasteiger partial charge < -0.3 is 4.74 Å². The maximum absolute atomic E-state index is 11.5. The Labute approximate surface area is 108 Å². The van der Waals surface area contributed by atoms with Crippen LogP contribution in [0.5, 0.6) is 0 Å². The molecule has 0 aliphatic rings. The van der Waals surface area contributed by atoms with Crippen molar-refractivity contribution < 1.29 is 14.3 Å². The van der Waals surface area contributed by atoms with Gasteiger partial charge in [-0.3, -0.25) is 9.59 Å². The van der Waals surface area contributed by atoms with Gasteiger partial charge in [0.25, 0.3) is 0 Å². The monoisotopic (exact) mass is 248 g/mol. The van der Waals surface area contributed by atoms with Crippen molar-refractivity contribution >= 4 is 11.8 Å². The van der Waals surface area contributed by atoms with Gasteiger partial charge in [0.05, 0.1) is 6.61 Å². The number of rotatable bonds is 8. The third-order valence-electron chi connectivity index (χ3n) is 2.67. The summed E-state index contributed by atoms with van der Waals surface area (Å²) in [6.45, 7) is 1.72. The highest BCUT2D eigenvalue weighted by Crippen LogP contribution is 2.06. The molecule has 0 saturated heterocycles. The van der Waals surface area contributed by atoms with E-state index in [-0.39, 0.29) is 11.8 Å². The van der Waals surface area contributed by atoms with Gasteiger partial charge in [0.15, 0.2) is 0 Å². The fourth-order valence-corrected chi connectivity index (χ4v) is 1.74. The SMILES string of the molecule is CC(=O)OCCCC(=O)CCCc1ccccc1. The van der Waals surface area contributed by atoms with Crippen molar-refractivity contribution in [1.82, 2.24) is 0 Å². The molecule has 0 atom stereocenters. The Morgan fingerprint density at radius 1 is 1.06 bits per heavy atom. The molecule has 0 aliphatic carbocycles. The maximum Gasteiger partial charge on any atom is 0.302 e. The van der Waals surface area contributed by atoms with Crippen LogP contribution in [0, 0.1) is 0 Å². The first-order valence-electron chi connectivity index (χ1n) is 6.37. The van der Waals surface area contributed by atoms with Gasteiger partial charge in [-0.25, -0.2) is 0 Å². The van der Waals surface area contributed by atoms with Gasteiger partial charge >= 0.3 is 5.97 Å². The lowest BCUT2D eigenvalue weighted by Gasteiger charge is -2.02. The highest BCUT2D eigenvalue weighted by atomic mass is 16.5. The molecule has 0 amide bonds. The van der Waals surface area contributed by atoms with Gasteiger partial charge in [-0.05, 0) is 24.8 Å². The number of ether oxygens (including phenoxy) is 1. The molecule has 0 aliphatic heterocycles. The van der Waals surface area contributed by atoms with E-state index in [9.17, 15) is 9.59 Å². The normalized spacial score (nSPS) is 10.1. The number of carbonyl (C=O) groups is 2. The van der Waals surface area contributed by atoms with Crippen molar-refractivity contribution in [2.75, 3.05) is 6.61 Å². The number of hydrogen-bond donors (Lipinski definition) is 0. The summed E-state index contributed by atoms with van der Waals surface area (Å²) in [6, 6.07) is 10.2. The Hall–Kier alpha value is -1.64. The van der Waals surface area contributed by atoms with Crippen LogP contribution in [-0.2, 0) is 20.7 Å². The van der Waals surface area contributed by atoms with E-state index >= 15 is 0 Å². The first kappa shape index (κ1) is 14.4. The summed E-state index contributed by atoms with van der Waals surface area (Å²) >= 11 is 0. The largest absolute Gasteiger partial charge is 0.466 e. The Kier molecular flexibility index (Phi) is 6.77. The van der Waals surface area contributed by atoms with Gasteiger partial charge in [0.2, 0.25) is 0 Å². The smallest absolute Gasteiger partial charge is 0.302 e. The van der Waals surface area contributed by atoms with Gasteiger partial charge in [-0.2, -0.15) is 0 Å². The number of carbonyl (C=O) groups excluding carboxylic acids is 2. The van der Waals surface area contributed by atoms with E-state index in [0.29, 0.717) is 25.9 Å². The first-order valence-corrected chi connectivity index (χ1v) is 6.37. The third kappa shape index (κ3) is 6.84. The van der Waals surface area contributed by atoms with Crippen molar-refractivity contribution in [3.8, 4) is 0 Å². The van der Waals surface area contributed by atoms with Crippen LogP contribution in [-0.4, -0.2) is 18.4 Å². The molecule has 3 heteroatoms. The Morgan fingerprint density at radius 3 is 2.39 bits per heavy atom. The van der Waals surface area contributed by atoms with Crippen molar-refractivity contribution in [2.45, 2.75) is 39.0 Å². The summed E-state index contributed by atoms with van der Waals surface area (Å²) in [5.41, 5.74) is 1.27. The summed E-state index contributed by atoms with van der Waals surface area (Å²) < 4.78 is 4.77. The fourth-order valence-electron chi connectivity index (χ4n) is 1.74. The Morgan fingerprint density at radius 2 is 1.72 bits per heavy atom. The van der Waals surface area contributed by atoms with E-state index < -0.39 is 0 Å². The van der Waals surface area contributed by atoms with Crippen LogP contribution in [0.4, 0.5) is 0 Å². The molecular weight excluding hydrogens is 228 g/mol.